The molecule has 0 fully saturated rings. The van der Waals surface area contributed by atoms with Crippen LogP contribution in [0.2, 0.25) is 0 Å². The van der Waals surface area contributed by atoms with Gasteiger partial charge >= 0.3 is 12.1 Å². The van der Waals surface area contributed by atoms with Crippen LogP contribution in [0.5, 0.6) is 0 Å². The quantitative estimate of drug-likeness (QED) is 0.547. The van der Waals surface area contributed by atoms with Gasteiger partial charge in [-0.05, 0) is 82.3 Å². The number of fused-ring (bicyclic) bond motifs is 1. The molecule has 0 spiro atoms. The third-order valence-corrected chi connectivity index (χ3v) is 6.80. The lowest BCUT2D eigenvalue weighted by atomic mass is 10.1. The molecule has 1 aromatic heterocycles. The molecule has 2 N–H and O–H groups in total. The highest BCUT2D eigenvalue weighted by Gasteiger charge is 2.29. The molecule has 3 rings (SSSR count). The van der Waals surface area contributed by atoms with E-state index in [4.69, 9.17) is 14.5 Å². The Labute approximate surface area is 195 Å². The molecule has 2 aliphatic heterocycles. The number of nitrogens with one attached hydrogen (secondary N) is 2. The van der Waals surface area contributed by atoms with Gasteiger partial charge in [-0.15, -0.1) is 11.8 Å². The van der Waals surface area contributed by atoms with Crippen LogP contribution in [0.1, 0.15) is 64.1 Å². The smallest absolute Gasteiger partial charge is 0.408 e. The summed E-state index contributed by atoms with van der Waals surface area (Å²) in [7, 11) is 1.34. The van der Waals surface area contributed by atoms with E-state index in [0.29, 0.717) is 6.42 Å². The van der Waals surface area contributed by atoms with Gasteiger partial charge in [-0.25, -0.2) is 14.6 Å². The predicted molar refractivity (Wildman–Crippen MR) is 128 cm³/mol. The lowest BCUT2D eigenvalue weighted by molar-refractivity contribution is -0.143. The number of pyridine rings is 1. The number of aromatic nitrogens is 1. The molecular weight excluding hydrogens is 426 g/mol. The first kappa shape index (κ1) is 24.4. The normalized spacial score (nSPS) is 18.8. The molecule has 0 saturated heterocycles. The molecule has 3 heterocycles. The van der Waals surface area contributed by atoms with E-state index >= 15 is 0 Å². The van der Waals surface area contributed by atoms with Crippen LogP contribution < -0.4 is 10.6 Å². The molecule has 0 bridgehead atoms. The monoisotopic (exact) mass is 461 g/mol. The van der Waals surface area contributed by atoms with Gasteiger partial charge in [0.25, 0.3) is 0 Å². The Morgan fingerprint density at radius 1 is 1.31 bits per heavy atom. The molecule has 2 atom stereocenters. The van der Waals surface area contributed by atoms with Crippen molar-refractivity contribution in [1.82, 2.24) is 10.3 Å². The molecule has 1 aromatic rings. The van der Waals surface area contributed by atoms with E-state index < -0.39 is 23.7 Å². The number of carbonyl (C=O) groups excluding carboxylic acids is 2. The summed E-state index contributed by atoms with van der Waals surface area (Å²) >= 11 is 1.79. The second kappa shape index (κ2) is 11.1. The molecule has 0 aliphatic carbocycles. The molecule has 7 nitrogen and oxygen atoms in total. The first-order chi connectivity index (χ1) is 15.2. The van der Waals surface area contributed by atoms with Crippen LogP contribution in [-0.2, 0) is 27.1 Å². The lowest BCUT2D eigenvalue weighted by Crippen LogP contribution is -2.45. The van der Waals surface area contributed by atoms with Crippen molar-refractivity contribution in [1.29, 1.82) is 0 Å². The second-order valence-corrected chi connectivity index (χ2v) is 10.7. The van der Waals surface area contributed by atoms with Crippen molar-refractivity contribution in [2.75, 3.05) is 19.0 Å². The van der Waals surface area contributed by atoms with Crippen LogP contribution in [0.4, 0.5) is 10.6 Å². The maximum atomic E-state index is 12.2. The summed E-state index contributed by atoms with van der Waals surface area (Å²) in [5.74, 6) is 0.603. The number of nitrogens with zero attached hydrogens (tertiary/aromatic N) is 1. The highest BCUT2D eigenvalue weighted by molar-refractivity contribution is 8.03. The standard InChI is InChI=1S/C24H35N3O4S/c1-24(2,3)31-23(29)27-20(22(28)30-4)15-19-13-12-18(32-19)9-5-8-17-11-10-16-7-6-14-25-21(16)26-17/h10-12,19-20H,5-9,13-15H2,1-4H3,(H,25,26)(H,27,29). The number of hydrogen-bond acceptors (Lipinski definition) is 7. The van der Waals surface area contributed by atoms with E-state index in [2.05, 4.69) is 28.8 Å². The summed E-state index contributed by atoms with van der Waals surface area (Å²) in [6.45, 7) is 6.38. The fraction of sp³-hybridized carbons (Fsp3) is 0.625. The number of aryl methyl sites for hydroxylation is 2. The van der Waals surface area contributed by atoms with E-state index in [9.17, 15) is 9.59 Å². The third-order valence-electron chi connectivity index (χ3n) is 5.41. The summed E-state index contributed by atoms with van der Waals surface area (Å²) in [5.41, 5.74) is 1.83. The van der Waals surface area contributed by atoms with Crippen molar-refractivity contribution < 1.29 is 19.1 Å². The Morgan fingerprint density at radius 2 is 2.12 bits per heavy atom. The number of hydrogen-bond donors (Lipinski definition) is 2. The molecule has 1 amide bonds. The van der Waals surface area contributed by atoms with Crippen molar-refractivity contribution >= 4 is 29.6 Å². The van der Waals surface area contributed by atoms with Crippen LogP contribution in [0, 0.1) is 0 Å². The van der Waals surface area contributed by atoms with E-state index in [1.54, 1.807) is 32.5 Å². The zero-order valence-corrected chi connectivity index (χ0v) is 20.3. The van der Waals surface area contributed by atoms with Gasteiger partial charge in [0.05, 0.1) is 7.11 Å². The fourth-order valence-electron chi connectivity index (χ4n) is 3.90. The zero-order valence-electron chi connectivity index (χ0n) is 19.5. The van der Waals surface area contributed by atoms with Crippen LogP contribution in [0.25, 0.3) is 0 Å². The highest BCUT2D eigenvalue weighted by Crippen LogP contribution is 2.37. The van der Waals surface area contributed by atoms with Gasteiger partial charge < -0.3 is 20.1 Å². The van der Waals surface area contributed by atoms with Crippen LogP contribution >= 0.6 is 11.8 Å². The molecule has 8 heteroatoms. The maximum Gasteiger partial charge on any atom is 0.408 e. The largest absolute Gasteiger partial charge is 0.467 e. The number of thioether (sulfide) groups is 1. The number of amides is 1. The third kappa shape index (κ3) is 7.43. The number of allylic oxidation sites excluding steroid dienone is 2. The molecule has 2 unspecified atom stereocenters. The number of alkyl carbamates (subject to hydrolysis) is 1. The van der Waals surface area contributed by atoms with Gasteiger partial charge in [-0.3, -0.25) is 0 Å². The molecule has 32 heavy (non-hydrogen) atoms. The minimum atomic E-state index is -0.715. The van der Waals surface area contributed by atoms with Gasteiger partial charge in [0, 0.05) is 17.5 Å². The van der Waals surface area contributed by atoms with Gasteiger partial charge in [-0.2, -0.15) is 0 Å². The van der Waals surface area contributed by atoms with Gasteiger partial charge in [-0.1, -0.05) is 12.1 Å². The highest BCUT2D eigenvalue weighted by atomic mass is 32.2. The van der Waals surface area contributed by atoms with Gasteiger partial charge in [0.2, 0.25) is 0 Å². The Bertz CT molecular complexity index is 850. The Kier molecular flexibility index (Phi) is 8.45. The second-order valence-electron chi connectivity index (χ2n) is 9.30. The minimum Gasteiger partial charge on any atom is -0.467 e. The lowest BCUT2D eigenvalue weighted by Gasteiger charge is -2.24. The number of methoxy groups -OCH3 is 1. The SMILES string of the molecule is COC(=O)C(CC1CC=C(CCCc2ccc3c(n2)NCCC3)S1)NC(=O)OC(C)(C)C. The topological polar surface area (TPSA) is 89.5 Å². The zero-order chi connectivity index (χ0) is 23.1. The van der Waals surface area contributed by atoms with E-state index in [0.717, 1.165) is 50.2 Å². The van der Waals surface area contributed by atoms with Crippen molar-refractivity contribution in [2.45, 2.75) is 82.6 Å². The Hall–Kier alpha value is -2.22. The first-order valence-electron chi connectivity index (χ1n) is 11.4. The molecule has 0 aromatic carbocycles. The van der Waals surface area contributed by atoms with Crippen molar-refractivity contribution in [3.05, 3.63) is 34.4 Å². The van der Waals surface area contributed by atoms with E-state index in [1.165, 1.54) is 24.0 Å². The first-order valence-corrected chi connectivity index (χ1v) is 12.3. The Morgan fingerprint density at radius 3 is 2.88 bits per heavy atom. The predicted octanol–water partition coefficient (Wildman–Crippen LogP) is 4.61. The molecular formula is C24H35N3O4S. The van der Waals surface area contributed by atoms with Crippen molar-refractivity contribution in [3.63, 3.8) is 0 Å². The van der Waals surface area contributed by atoms with Crippen LogP contribution in [0.15, 0.2) is 23.1 Å². The number of rotatable bonds is 8. The minimum absolute atomic E-state index is 0.232. The van der Waals surface area contributed by atoms with Crippen LogP contribution in [-0.4, -0.2) is 47.6 Å². The number of anilines is 1. The van der Waals surface area contributed by atoms with Gasteiger partial charge in [0.1, 0.15) is 17.5 Å². The van der Waals surface area contributed by atoms with Crippen molar-refractivity contribution in [3.8, 4) is 0 Å². The van der Waals surface area contributed by atoms with Crippen LogP contribution in [0.3, 0.4) is 0 Å². The average Bonchev–Trinajstić information content (AvgIpc) is 3.18. The number of carbonyl (C=O) groups is 2. The summed E-state index contributed by atoms with van der Waals surface area (Å²) in [5, 5.41) is 6.30. The summed E-state index contributed by atoms with van der Waals surface area (Å²) in [6, 6.07) is 3.63. The van der Waals surface area contributed by atoms with E-state index in [-0.39, 0.29) is 5.25 Å². The molecule has 0 radical (unpaired) electrons. The average molecular weight is 462 g/mol. The van der Waals surface area contributed by atoms with Gasteiger partial charge in [0.15, 0.2) is 0 Å². The summed E-state index contributed by atoms with van der Waals surface area (Å²) in [6.07, 6.45) is 8.29. The fourth-order valence-corrected chi connectivity index (χ4v) is 5.26. The maximum absolute atomic E-state index is 12.2. The van der Waals surface area contributed by atoms with Crippen molar-refractivity contribution in [2.24, 2.45) is 0 Å². The number of ether oxygens (including phenoxy) is 2. The number of esters is 1. The molecule has 176 valence electrons. The van der Waals surface area contributed by atoms with E-state index in [1.807, 2.05) is 0 Å². The summed E-state index contributed by atoms with van der Waals surface area (Å²) in [4.78, 5) is 30.4. The summed E-state index contributed by atoms with van der Waals surface area (Å²) < 4.78 is 10.2. The molecule has 2 aliphatic rings. The molecule has 0 saturated carbocycles. The Balaban J connectivity index is 1.44.